The lowest BCUT2D eigenvalue weighted by molar-refractivity contribution is 0.100. The SMILES string of the molecule is Cc1cccc(-c2[nH]c(-c3ccc(C(N)=O)cc3)nc2N2C=c3cnoc3=CC2)n1. The van der Waals surface area contributed by atoms with Crippen LogP contribution in [-0.2, 0) is 0 Å². The number of hydrogen-bond acceptors (Lipinski definition) is 6. The summed E-state index contributed by atoms with van der Waals surface area (Å²) in [4.78, 5) is 26.3. The smallest absolute Gasteiger partial charge is 0.248 e. The fourth-order valence-corrected chi connectivity index (χ4v) is 3.42. The van der Waals surface area contributed by atoms with Gasteiger partial charge in [-0.2, -0.15) is 0 Å². The van der Waals surface area contributed by atoms with E-state index in [1.807, 2.05) is 54.4 Å². The minimum atomic E-state index is -0.464. The van der Waals surface area contributed by atoms with Gasteiger partial charge < -0.3 is 20.1 Å². The van der Waals surface area contributed by atoms with Gasteiger partial charge in [0.15, 0.2) is 11.2 Å². The van der Waals surface area contributed by atoms with Crippen LogP contribution < -0.4 is 21.3 Å². The maximum Gasteiger partial charge on any atom is 0.248 e. The molecule has 1 amide bonds. The lowest BCUT2D eigenvalue weighted by atomic mass is 10.1. The van der Waals surface area contributed by atoms with Crippen molar-refractivity contribution >= 4 is 24.0 Å². The molecule has 5 rings (SSSR count). The van der Waals surface area contributed by atoms with Crippen LogP contribution in [0.4, 0.5) is 5.82 Å². The Bertz CT molecular complexity index is 1370. The van der Waals surface area contributed by atoms with Crippen molar-refractivity contribution in [1.82, 2.24) is 20.1 Å². The number of aryl methyl sites for hydroxylation is 1. The Hall–Kier alpha value is -4.20. The zero-order valence-electron chi connectivity index (χ0n) is 16.2. The Balaban J connectivity index is 1.64. The van der Waals surface area contributed by atoms with Crippen LogP contribution in [0, 0.1) is 6.92 Å². The topological polar surface area (TPSA) is 114 Å². The number of carbonyl (C=O) groups excluding carboxylic acids is 1. The van der Waals surface area contributed by atoms with Gasteiger partial charge in [-0.1, -0.05) is 23.4 Å². The van der Waals surface area contributed by atoms with Gasteiger partial charge in [0.05, 0.1) is 17.1 Å². The average Bonchev–Trinajstić information content (AvgIpc) is 3.40. The second-order valence-corrected chi connectivity index (χ2v) is 7.02. The molecule has 8 nitrogen and oxygen atoms in total. The number of anilines is 1. The molecule has 148 valence electrons. The lowest BCUT2D eigenvalue weighted by Crippen LogP contribution is -2.33. The monoisotopic (exact) mass is 398 g/mol. The summed E-state index contributed by atoms with van der Waals surface area (Å²) < 4.78 is 5.23. The first-order valence-corrected chi connectivity index (χ1v) is 9.42. The first-order valence-electron chi connectivity index (χ1n) is 9.42. The van der Waals surface area contributed by atoms with Crippen molar-refractivity contribution in [3.05, 3.63) is 70.6 Å². The summed E-state index contributed by atoms with van der Waals surface area (Å²) in [6.07, 6.45) is 5.60. The van der Waals surface area contributed by atoms with Gasteiger partial charge >= 0.3 is 0 Å². The van der Waals surface area contributed by atoms with Crippen molar-refractivity contribution in [2.75, 3.05) is 11.4 Å². The van der Waals surface area contributed by atoms with Crippen LogP contribution in [0.25, 0.3) is 35.1 Å². The molecule has 0 aliphatic carbocycles. The number of aromatic nitrogens is 4. The second kappa shape index (κ2) is 7.00. The van der Waals surface area contributed by atoms with E-state index in [0.717, 1.165) is 39.1 Å². The van der Waals surface area contributed by atoms with Crippen LogP contribution in [0.2, 0.25) is 0 Å². The number of H-pyrrole nitrogens is 1. The normalized spacial score (nSPS) is 12.8. The number of fused-ring (bicyclic) bond motifs is 1. The van der Waals surface area contributed by atoms with Crippen molar-refractivity contribution in [3.8, 4) is 22.8 Å². The predicted molar refractivity (Wildman–Crippen MR) is 113 cm³/mol. The third-order valence-electron chi connectivity index (χ3n) is 4.94. The lowest BCUT2D eigenvalue weighted by Gasteiger charge is -2.18. The molecule has 30 heavy (non-hydrogen) atoms. The van der Waals surface area contributed by atoms with Crippen LogP contribution in [-0.4, -0.2) is 32.6 Å². The number of nitrogens with two attached hydrogens (primary N) is 1. The molecule has 0 fully saturated rings. The maximum atomic E-state index is 11.4. The number of amides is 1. The number of benzene rings is 1. The van der Waals surface area contributed by atoms with Crippen molar-refractivity contribution in [2.24, 2.45) is 5.73 Å². The molecule has 4 heterocycles. The van der Waals surface area contributed by atoms with Crippen LogP contribution in [0.5, 0.6) is 0 Å². The van der Waals surface area contributed by atoms with Crippen LogP contribution >= 0.6 is 0 Å². The van der Waals surface area contributed by atoms with Crippen LogP contribution in [0.15, 0.2) is 53.2 Å². The van der Waals surface area contributed by atoms with Crippen molar-refractivity contribution in [1.29, 1.82) is 0 Å². The number of carbonyl (C=O) groups is 1. The standard InChI is InChI=1S/C22H18N6O2/c1-13-3-2-4-17(25-13)19-22(28-10-9-18-16(12-28)11-24-30-18)27-21(26-19)15-7-5-14(6-8-15)20(23)29/h2-9,11-12H,10H2,1H3,(H2,23,29)(H,26,27). The van der Waals surface area contributed by atoms with Crippen molar-refractivity contribution in [3.63, 3.8) is 0 Å². The predicted octanol–water partition coefficient (Wildman–Crippen LogP) is 1.57. The molecule has 8 heteroatoms. The first kappa shape index (κ1) is 17.9. The summed E-state index contributed by atoms with van der Waals surface area (Å²) in [7, 11) is 0. The summed E-state index contributed by atoms with van der Waals surface area (Å²) in [5, 5.41) is 4.75. The van der Waals surface area contributed by atoms with E-state index in [0.29, 0.717) is 17.9 Å². The Labute approximate surface area is 171 Å². The molecular formula is C22H18N6O2. The Morgan fingerprint density at radius 3 is 2.77 bits per heavy atom. The molecule has 0 radical (unpaired) electrons. The van der Waals surface area contributed by atoms with E-state index in [4.69, 9.17) is 15.2 Å². The van der Waals surface area contributed by atoms with E-state index in [1.165, 1.54) is 0 Å². The molecule has 3 aromatic heterocycles. The highest BCUT2D eigenvalue weighted by atomic mass is 16.5. The van der Waals surface area contributed by atoms with Crippen LogP contribution in [0.1, 0.15) is 16.1 Å². The van der Waals surface area contributed by atoms with E-state index in [2.05, 4.69) is 15.1 Å². The Morgan fingerprint density at radius 1 is 1.17 bits per heavy atom. The number of nitrogens with zero attached hydrogens (tertiary/aromatic N) is 4. The molecule has 0 atom stereocenters. The third kappa shape index (κ3) is 3.14. The minimum Gasteiger partial charge on any atom is -0.366 e. The van der Waals surface area contributed by atoms with Gasteiger partial charge in [0, 0.05) is 29.6 Å². The summed E-state index contributed by atoms with van der Waals surface area (Å²) in [6, 6.07) is 12.9. The van der Waals surface area contributed by atoms with Gasteiger partial charge in [0.1, 0.15) is 11.5 Å². The Kier molecular flexibility index (Phi) is 4.17. The summed E-state index contributed by atoms with van der Waals surface area (Å²) in [6.45, 7) is 2.54. The zero-order valence-corrected chi connectivity index (χ0v) is 16.2. The van der Waals surface area contributed by atoms with Gasteiger partial charge in [-0.25, -0.2) is 4.98 Å². The summed E-state index contributed by atoms with van der Waals surface area (Å²) in [5.41, 5.74) is 9.90. The van der Waals surface area contributed by atoms with E-state index in [1.54, 1.807) is 18.3 Å². The molecule has 1 aliphatic rings. The van der Waals surface area contributed by atoms with E-state index in [9.17, 15) is 4.79 Å². The number of imidazole rings is 1. The molecule has 3 N–H and O–H groups in total. The first-order chi connectivity index (χ1) is 14.6. The average molecular weight is 398 g/mol. The third-order valence-corrected chi connectivity index (χ3v) is 4.94. The van der Waals surface area contributed by atoms with Gasteiger partial charge in [-0.15, -0.1) is 0 Å². The highest BCUT2D eigenvalue weighted by Crippen LogP contribution is 2.32. The molecule has 0 bridgehead atoms. The molecular weight excluding hydrogens is 380 g/mol. The highest BCUT2D eigenvalue weighted by Gasteiger charge is 2.20. The van der Waals surface area contributed by atoms with Gasteiger partial charge in [-0.3, -0.25) is 9.78 Å². The van der Waals surface area contributed by atoms with Gasteiger partial charge in [0.25, 0.3) is 0 Å². The maximum absolute atomic E-state index is 11.4. The molecule has 4 aromatic rings. The number of hydrogen-bond donors (Lipinski definition) is 2. The highest BCUT2D eigenvalue weighted by molar-refractivity contribution is 5.93. The van der Waals surface area contributed by atoms with Gasteiger partial charge in [0.2, 0.25) is 5.91 Å². The van der Waals surface area contributed by atoms with Crippen LogP contribution in [0.3, 0.4) is 0 Å². The van der Waals surface area contributed by atoms with Gasteiger partial charge in [-0.05, 0) is 37.3 Å². The largest absolute Gasteiger partial charge is 0.366 e. The number of pyridine rings is 1. The van der Waals surface area contributed by atoms with Crippen molar-refractivity contribution < 1.29 is 9.32 Å². The number of primary amides is 1. The fourth-order valence-electron chi connectivity index (χ4n) is 3.42. The molecule has 1 aliphatic heterocycles. The number of aromatic amines is 1. The fraction of sp³-hybridized carbons (Fsp3) is 0.0909. The Morgan fingerprint density at radius 2 is 2.00 bits per heavy atom. The molecule has 0 spiro atoms. The summed E-state index contributed by atoms with van der Waals surface area (Å²) >= 11 is 0. The molecule has 1 aromatic carbocycles. The quantitative estimate of drug-likeness (QED) is 0.539. The van der Waals surface area contributed by atoms with E-state index >= 15 is 0 Å². The van der Waals surface area contributed by atoms with Crippen molar-refractivity contribution in [2.45, 2.75) is 6.92 Å². The molecule has 0 unspecified atom stereocenters. The zero-order chi connectivity index (χ0) is 20.7. The second-order valence-electron chi connectivity index (χ2n) is 7.02. The molecule has 0 saturated carbocycles. The minimum absolute atomic E-state index is 0.449. The molecule has 0 saturated heterocycles. The van der Waals surface area contributed by atoms with E-state index in [-0.39, 0.29) is 0 Å². The number of nitrogens with one attached hydrogen (secondary N) is 1. The van der Waals surface area contributed by atoms with E-state index < -0.39 is 5.91 Å². The number of rotatable bonds is 4. The summed E-state index contributed by atoms with van der Waals surface area (Å²) in [5.74, 6) is 0.948.